The van der Waals surface area contributed by atoms with Gasteiger partial charge in [-0.15, -0.1) is 0 Å². The summed E-state index contributed by atoms with van der Waals surface area (Å²) in [4.78, 5) is 25.7. The molecule has 0 N–H and O–H groups in total. The maximum Gasteiger partial charge on any atom is 0.303 e. The number of carbonyl (C=O) groups is 2. The molecule has 1 aliphatic heterocycles. The molecule has 0 aliphatic carbocycles. The zero-order valence-electron chi connectivity index (χ0n) is 15.1. The first-order valence-corrected chi connectivity index (χ1v) is 15.3. The monoisotopic (exact) mass is 341 g/mol. The highest BCUT2D eigenvalue weighted by molar-refractivity contribution is 6.81. The first-order chi connectivity index (χ1) is 9.89. The fourth-order valence-electron chi connectivity index (χ4n) is 2.64. The molecule has 22 heavy (non-hydrogen) atoms. The Morgan fingerprint density at radius 3 is 2.36 bits per heavy atom. The normalized spacial score (nSPS) is 21.5. The predicted molar refractivity (Wildman–Crippen MR) is 96.1 cm³/mol. The molecule has 6 heteroatoms. The van der Waals surface area contributed by atoms with E-state index >= 15 is 0 Å². The molecule has 0 aromatic heterocycles. The lowest BCUT2D eigenvalue weighted by Gasteiger charge is -2.34. The molecular formula is C16H31NO3Si2. The van der Waals surface area contributed by atoms with E-state index < -0.39 is 16.1 Å². The van der Waals surface area contributed by atoms with Gasteiger partial charge in [-0.2, -0.15) is 0 Å². The minimum absolute atomic E-state index is 0.00396. The lowest BCUT2D eigenvalue weighted by atomic mass is 10.1. The topological polar surface area (TPSA) is 46.6 Å². The molecule has 1 heterocycles. The summed E-state index contributed by atoms with van der Waals surface area (Å²) < 4.78 is 5.54. The van der Waals surface area contributed by atoms with Gasteiger partial charge in [0.05, 0.1) is 22.2 Å². The third-order valence-corrected chi connectivity index (χ3v) is 5.97. The Balaban J connectivity index is 2.98. The summed E-state index contributed by atoms with van der Waals surface area (Å²) in [5.74, 6) is -0.0801. The van der Waals surface area contributed by atoms with Crippen LogP contribution in [0, 0.1) is 0 Å². The highest BCUT2D eigenvalue weighted by Gasteiger charge is 2.39. The number of rotatable bonds is 6. The summed E-state index contributed by atoms with van der Waals surface area (Å²) in [6.07, 6.45) is 3.88. The molecular weight excluding hydrogens is 310 g/mol. The van der Waals surface area contributed by atoms with Crippen molar-refractivity contribution in [3.8, 4) is 0 Å². The van der Waals surface area contributed by atoms with Crippen molar-refractivity contribution in [1.29, 1.82) is 0 Å². The minimum Gasteiger partial charge on any atom is -0.456 e. The van der Waals surface area contributed by atoms with Crippen LogP contribution in [0.3, 0.4) is 0 Å². The maximum absolute atomic E-state index is 12.2. The van der Waals surface area contributed by atoms with Crippen LogP contribution in [-0.2, 0) is 14.3 Å². The van der Waals surface area contributed by atoms with Crippen molar-refractivity contribution in [1.82, 2.24) is 4.90 Å². The van der Waals surface area contributed by atoms with Crippen LogP contribution in [0.4, 0.5) is 0 Å². The molecule has 126 valence electrons. The number of amides is 1. The van der Waals surface area contributed by atoms with Crippen LogP contribution in [0.15, 0.2) is 11.8 Å². The summed E-state index contributed by atoms with van der Waals surface area (Å²) in [7, 11) is -2.78. The van der Waals surface area contributed by atoms with Crippen molar-refractivity contribution in [2.45, 2.75) is 71.2 Å². The van der Waals surface area contributed by atoms with Gasteiger partial charge in [0.15, 0.2) is 0 Å². The Morgan fingerprint density at radius 1 is 1.32 bits per heavy atom. The Kier molecular flexibility index (Phi) is 6.21. The third-order valence-electron chi connectivity index (χ3n) is 3.49. The highest BCUT2D eigenvalue weighted by Crippen LogP contribution is 2.26. The van der Waals surface area contributed by atoms with Crippen molar-refractivity contribution in [3.63, 3.8) is 0 Å². The molecule has 2 atom stereocenters. The van der Waals surface area contributed by atoms with E-state index in [1.54, 1.807) is 0 Å². The van der Waals surface area contributed by atoms with Crippen LogP contribution in [0.5, 0.6) is 0 Å². The van der Waals surface area contributed by atoms with E-state index in [4.69, 9.17) is 4.74 Å². The van der Waals surface area contributed by atoms with Crippen molar-refractivity contribution >= 4 is 28.0 Å². The van der Waals surface area contributed by atoms with Crippen LogP contribution in [-0.4, -0.2) is 51.2 Å². The van der Waals surface area contributed by atoms with E-state index in [2.05, 4.69) is 45.0 Å². The minimum atomic E-state index is -1.40. The van der Waals surface area contributed by atoms with E-state index in [1.165, 1.54) is 6.92 Å². The van der Waals surface area contributed by atoms with E-state index in [-0.39, 0.29) is 24.0 Å². The molecule has 1 amide bonds. The van der Waals surface area contributed by atoms with Gasteiger partial charge < -0.3 is 9.64 Å². The van der Waals surface area contributed by atoms with Gasteiger partial charge in [-0.3, -0.25) is 9.59 Å². The number of esters is 1. The summed E-state index contributed by atoms with van der Waals surface area (Å²) in [5, 5.41) is 0. The fourth-order valence-corrected chi connectivity index (χ4v) is 4.84. The van der Waals surface area contributed by atoms with Crippen LogP contribution >= 0.6 is 0 Å². The highest BCUT2D eigenvalue weighted by atomic mass is 28.3. The van der Waals surface area contributed by atoms with Crippen LogP contribution in [0.25, 0.3) is 0 Å². The quantitative estimate of drug-likeness (QED) is 0.550. The van der Waals surface area contributed by atoms with Gasteiger partial charge in [0.1, 0.15) is 6.10 Å². The SMILES string of the molecule is CC(=O)O[C@@H](/C=C/[Si](C)(C)C)[C@@H]1CCC(=O)N1C[Si](C)(C)C. The van der Waals surface area contributed by atoms with Crippen molar-refractivity contribution in [2.24, 2.45) is 0 Å². The standard InChI is InChI=1S/C16H31NO3Si2/c1-13(18)20-15(10-11-21(2,3)4)14-8-9-16(19)17(14)12-22(5,6)7/h10-11,14-15H,8-9,12H2,1-7H3/b11-10+/t14-,15-/m0/s1. The molecule has 1 rings (SSSR count). The third kappa shape index (κ3) is 6.48. The summed E-state index contributed by atoms with van der Waals surface area (Å²) in [6.45, 7) is 14.9. The van der Waals surface area contributed by atoms with E-state index in [1.807, 2.05) is 11.0 Å². The molecule has 0 spiro atoms. The second-order valence-electron chi connectivity index (χ2n) is 8.49. The van der Waals surface area contributed by atoms with Crippen molar-refractivity contribution in [3.05, 3.63) is 11.8 Å². The van der Waals surface area contributed by atoms with Crippen molar-refractivity contribution < 1.29 is 14.3 Å². The smallest absolute Gasteiger partial charge is 0.303 e. The van der Waals surface area contributed by atoms with Crippen LogP contribution in [0.2, 0.25) is 39.3 Å². The number of ether oxygens (including phenoxy) is 1. The van der Waals surface area contributed by atoms with Gasteiger partial charge in [0.2, 0.25) is 5.91 Å². The number of likely N-dealkylation sites (tertiary alicyclic amines) is 1. The second kappa shape index (κ2) is 7.13. The van der Waals surface area contributed by atoms with Gasteiger partial charge in [0, 0.05) is 19.5 Å². The lowest BCUT2D eigenvalue weighted by Crippen LogP contribution is -2.49. The average molecular weight is 342 g/mol. The molecule has 0 aromatic carbocycles. The van der Waals surface area contributed by atoms with Gasteiger partial charge in [-0.1, -0.05) is 45.0 Å². The number of hydrogen-bond donors (Lipinski definition) is 0. The van der Waals surface area contributed by atoms with Crippen LogP contribution < -0.4 is 0 Å². The first kappa shape index (κ1) is 19.2. The largest absolute Gasteiger partial charge is 0.456 e. The fraction of sp³-hybridized carbons (Fsp3) is 0.750. The molecule has 0 radical (unpaired) electrons. The molecule has 0 aromatic rings. The molecule has 0 unspecified atom stereocenters. The zero-order chi connectivity index (χ0) is 17.1. The first-order valence-electron chi connectivity index (χ1n) is 8.05. The molecule has 1 saturated heterocycles. The van der Waals surface area contributed by atoms with E-state index in [0.29, 0.717) is 6.42 Å². The number of carbonyl (C=O) groups excluding carboxylic acids is 2. The Hall–Kier alpha value is -0.886. The Bertz CT molecular complexity index is 449. The van der Waals surface area contributed by atoms with Crippen LogP contribution in [0.1, 0.15) is 19.8 Å². The second-order valence-corrected chi connectivity index (χ2v) is 19.0. The van der Waals surface area contributed by atoms with Gasteiger partial charge in [-0.25, -0.2) is 0 Å². The number of hydrogen-bond acceptors (Lipinski definition) is 3. The summed E-state index contributed by atoms with van der Waals surface area (Å²) >= 11 is 0. The molecule has 0 saturated carbocycles. The van der Waals surface area contributed by atoms with E-state index in [9.17, 15) is 9.59 Å². The molecule has 4 nitrogen and oxygen atoms in total. The molecule has 1 aliphatic rings. The zero-order valence-corrected chi connectivity index (χ0v) is 17.1. The maximum atomic E-state index is 12.2. The number of nitrogens with zero attached hydrogens (tertiary/aromatic N) is 1. The Labute approximate surface area is 136 Å². The predicted octanol–water partition coefficient (Wildman–Crippen LogP) is 3.22. The Morgan fingerprint density at radius 2 is 1.91 bits per heavy atom. The summed E-state index contributed by atoms with van der Waals surface area (Å²) in [6, 6.07) is -0.00396. The average Bonchev–Trinajstić information content (AvgIpc) is 2.63. The van der Waals surface area contributed by atoms with Gasteiger partial charge in [0.25, 0.3) is 0 Å². The van der Waals surface area contributed by atoms with Gasteiger partial charge >= 0.3 is 5.97 Å². The van der Waals surface area contributed by atoms with E-state index in [0.717, 1.165) is 12.6 Å². The summed E-state index contributed by atoms with van der Waals surface area (Å²) in [5.41, 5.74) is 2.20. The molecule has 1 fully saturated rings. The van der Waals surface area contributed by atoms with Crippen molar-refractivity contribution in [2.75, 3.05) is 6.17 Å². The lowest BCUT2D eigenvalue weighted by molar-refractivity contribution is -0.148. The molecule has 0 bridgehead atoms. The van der Waals surface area contributed by atoms with Gasteiger partial charge in [-0.05, 0) is 12.5 Å².